The van der Waals surface area contributed by atoms with E-state index in [-0.39, 0.29) is 0 Å². The Morgan fingerprint density at radius 1 is 1.33 bits per heavy atom. The van der Waals surface area contributed by atoms with Crippen molar-refractivity contribution in [3.05, 3.63) is 29.3 Å². The van der Waals surface area contributed by atoms with Crippen LogP contribution in [0.4, 0.5) is 0 Å². The van der Waals surface area contributed by atoms with Gasteiger partial charge in [0.15, 0.2) is 0 Å². The van der Waals surface area contributed by atoms with E-state index in [4.69, 9.17) is 10.5 Å². The number of hydrogen-bond acceptors (Lipinski definition) is 3. The molecule has 1 saturated carbocycles. The monoisotopic (exact) mass is 288 g/mol. The Hall–Kier alpha value is -1.06. The smallest absolute Gasteiger partial charge is 0.123 e. The van der Waals surface area contributed by atoms with Gasteiger partial charge in [0, 0.05) is 19.0 Å². The van der Waals surface area contributed by atoms with Crippen LogP contribution in [-0.4, -0.2) is 36.7 Å². The third-order valence-corrected chi connectivity index (χ3v) is 5.19. The molecule has 0 saturated heterocycles. The third kappa shape index (κ3) is 3.09. The van der Waals surface area contributed by atoms with Gasteiger partial charge in [-0.3, -0.25) is 4.90 Å². The number of fused-ring (bicyclic) bond motifs is 1. The lowest BCUT2D eigenvalue weighted by atomic mass is 10.0. The van der Waals surface area contributed by atoms with Crippen LogP contribution >= 0.6 is 0 Å². The summed E-state index contributed by atoms with van der Waals surface area (Å²) in [5, 5.41) is 0. The van der Waals surface area contributed by atoms with Gasteiger partial charge in [-0.2, -0.15) is 0 Å². The first-order valence-electron chi connectivity index (χ1n) is 8.41. The summed E-state index contributed by atoms with van der Waals surface area (Å²) >= 11 is 0. The normalized spacial score (nSPS) is 27.9. The summed E-state index contributed by atoms with van der Waals surface area (Å²) in [5.41, 5.74) is 8.65. The molecule has 1 aromatic rings. The van der Waals surface area contributed by atoms with E-state index in [1.165, 1.54) is 30.4 Å². The molecule has 3 nitrogen and oxygen atoms in total. The van der Waals surface area contributed by atoms with Gasteiger partial charge < -0.3 is 10.5 Å². The van der Waals surface area contributed by atoms with E-state index in [1.54, 1.807) is 0 Å². The Morgan fingerprint density at radius 3 is 2.95 bits per heavy atom. The van der Waals surface area contributed by atoms with E-state index in [2.05, 4.69) is 36.9 Å². The van der Waals surface area contributed by atoms with E-state index in [0.717, 1.165) is 31.8 Å². The standard InChI is InChI=1S/C18H28N2O/c1-3-20(17-6-4-5-14(17)11-19)12-16-10-15-9-13(2)7-8-18(15)21-16/h7-9,14,16-17H,3-6,10-12,19H2,1-2H3. The van der Waals surface area contributed by atoms with Gasteiger partial charge in [-0.1, -0.05) is 31.0 Å². The molecule has 21 heavy (non-hydrogen) atoms. The maximum absolute atomic E-state index is 6.15. The fourth-order valence-electron chi connectivity index (χ4n) is 4.08. The van der Waals surface area contributed by atoms with Crippen molar-refractivity contribution in [1.82, 2.24) is 4.90 Å². The minimum atomic E-state index is 0.306. The highest BCUT2D eigenvalue weighted by molar-refractivity contribution is 5.40. The fourth-order valence-corrected chi connectivity index (χ4v) is 4.08. The maximum Gasteiger partial charge on any atom is 0.123 e. The summed E-state index contributed by atoms with van der Waals surface area (Å²) in [6, 6.07) is 7.19. The van der Waals surface area contributed by atoms with Crippen LogP contribution in [0.3, 0.4) is 0 Å². The summed E-state index contributed by atoms with van der Waals surface area (Å²) in [5.74, 6) is 1.76. The molecule has 0 bridgehead atoms. The van der Waals surface area contributed by atoms with Crippen LogP contribution in [0.15, 0.2) is 18.2 Å². The largest absolute Gasteiger partial charge is 0.488 e. The second-order valence-corrected chi connectivity index (χ2v) is 6.64. The van der Waals surface area contributed by atoms with Crippen LogP contribution < -0.4 is 10.5 Å². The quantitative estimate of drug-likeness (QED) is 0.905. The summed E-state index contributed by atoms with van der Waals surface area (Å²) < 4.78 is 6.15. The van der Waals surface area contributed by atoms with Gasteiger partial charge in [0.2, 0.25) is 0 Å². The topological polar surface area (TPSA) is 38.5 Å². The average molecular weight is 288 g/mol. The van der Waals surface area contributed by atoms with Gasteiger partial charge in [0.25, 0.3) is 0 Å². The van der Waals surface area contributed by atoms with Crippen molar-refractivity contribution >= 4 is 0 Å². The molecule has 0 aromatic heterocycles. The van der Waals surface area contributed by atoms with Gasteiger partial charge >= 0.3 is 0 Å². The van der Waals surface area contributed by atoms with Crippen LogP contribution in [0.2, 0.25) is 0 Å². The van der Waals surface area contributed by atoms with Crippen molar-refractivity contribution < 1.29 is 4.74 Å². The molecule has 1 fully saturated rings. The predicted octanol–water partition coefficient (Wildman–Crippen LogP) is 2.75. The molecular weight excluding hydrogens is 260 g/mol. The van der Waals surface area contributed by atoms with Crippen molar-refractivity contribution in [2.24, 2.45) is 11.7 Å². The first-order valence-corrected chi connectivity index (χ1v) is 8.41. The molecule has 2 N–H and O–H groups in total. The van der Waals surface area contributed by atoms with E-state index >= 15 is 0 Å². The highest BCUT2D eigenvalue weighted by atomic mass is 16.5. The SMILES string of the molecule is CCN(CC1Cc2cc(C)ccc2O1)C1CCCC1CN. The zero-order valence-electron chi connectivity index (χ0n) is 13.3. The molecule has 1 aliphatic heterocycles. The lowest BCUT2D eigenvalue weighted by Gasteiger charge is -2.33. The molecule has 3 heteroatoms. The lowest BCUT2D eigenvalue weighted by molar-refractivity contribution is 0.104. The zero-order valence-corrected chi connectivity index (χ0v) is 13.3. The number of hydrogen-bond donors (Lipinski definition) is 1. The average Bonchev–Trinajstić information content (AvgIpc) is 3.09. The number of ether oxygens (including phenoxy) is 1. The molecular formula is C18H28N2O. The molecule has 1 aliphatic carbocycles. The van der Waals surface area contributed by atoms with Gasteiger partial charge in [-0.15, -0.1) is 0 Å². The molecule has 0 radical (unpaired) electrons. The number of nitrogens with zero attached hydrogens (tertiary/aromatic N) is 1. The predicted molar refractivity (Wildman–Crippen MR) is 86.7 cm³/mol. The van der Waals surface area contributed by atoms with Crippen LogP contribution in [0, 0.1) is 12.8 Å². The second-order valence-electron chi connectivity index (χ2n) is 6.64. The molecule has 0 amide bonds. The molecule has 0 spiro atoms. The highest BCUT2D eigenvalue weighted by Gasteiger charge is 2.33. The Morgan fingerprint density at radius 2 is 2.19 bits per heavy atom. The van der Waals surface area contributed by atoms with Crippen molar-refractivity contribution in [2.45, 2.75) is 51.7 Å². The van der Waals surface area contributed by atoms with Crippen LogP contribution in [-0.2, 0) is 6.42 Å². The van der Waals surface area contributed by atoms with E-state index in [0.29, 0.717) is 18.1 Å². The van der Waals surface area contributed by atoms with Gasteiger partial charge in [-0.05, 0) is 50.4 Å². The third-order valence-electron chi connectivity index (χ3n) is 5.19. The zero-order chi connectivity index (χ0) is 14.8. The van der Waals surface area contributed by atoms with E-state index in [9.17, 15) is 0 Å². The number of rotatable bonds is 5. The summed E-state index contributed by atoms with van der Waals surface area (Å²) in [6.07, 6.45) is 5.28. The highest BCUT2D eigenvalue weighted by Crippen LogP contribution is 2.33. The molecule has 3 atom stereocenters. The maximum atomic E-state index is 6.15. The molecule has 2 aliphatic rings. The van der Waals surface area contributed by atoms with Crippen molar-refractivity contribution in [3.8, 4) is 5.75 Å². The summed E-state index contributed by atoms with van der Waals surface area (Å²) in [6.45, 7) is 7.36. The van der Waals surface area contributed by atoms with Crippen LogP contribution in [0.25, 0.3) is 0 Å². The molecule has 1 aromatic carbocycles. The summed E-state index contributed by atoms with van der Waals surface area (Å²) in [7, 11) is 0. The molecule has 116 valence electrons. The van der Waals surface area contributed by atoms with Gasteiger partial charge in [-0.25, -0.2) is 0 Å². The first kappa shape index (κ1) is 14.9. The molecule has 3 unspecified atom stereocenters. The Kier molecular flexibility index (Phi) is 4.51. The Labute approximate surface area is 128 Å². The first-order chi connectivity index (χ1) is 10.2. The minimum absolute atomic E-state index is 0.306. The number of benzene rings is 1. The number of nitrogens with two attached hydrogens (primary N) is 1. The van der Waals surface area contributed by atoms with Gasteiger partial charge in [0.1, 0.15) is 11.9 Å². The lowest BCUT2D eigenvalue weighted by Crippen LogP contribution is -2.45. The number of likely N-dealkylation sites (N-methyl/N-ethyl adjacent to an activating group) is 1. The van der Waals surface area contributed by atoms with Crippen molar-refractivity contribution in [1.29, 1.82) is 0 Å². The minimum Gasteiger partial charge on any atom is -0.488 e. The summed E-state index contributed by atoms with van der Waals surface area (Å²) in [4.78, 5) is 2.61. The second kappa shape index (κ2) is 6.37. The Bertz CT molecular complexity index is 488. The van der Waals surface area contributed by atoms with Crippen LogP contribution in [0.1, 0.15) is 37.3 Å². The number of aryl methyl sites for hydroxylation is 1. The van der Waals surface area contributed by atoms with Crippen LogP contribution in [0.5, 0.6) is 5.75 Å². The fraction of sp³-hybridized carbons (Fsp3) is 0.667. The van der Waals surface area contributed by atoms with E-state index in [1.807, 2.05) is 0 Å². The van der Waals surface area contributed by atoms with E-state index < -0.39 is 0 Å². The molecule has 3 rings (SSSR count). The Balaban J connectivity index is 1.64. The molecule has 1 heterocycles. The van der Waals surface area contributed by atoms with Crippen molar-refractivity contribution in [3.63, 3.8) is 0 Å². The van der Waals surface area contributed by atoms with Gasteiger partial charge in [0.05, 0.1) is 0 Å². The van der Waals surface area contributed by atoms with Crippen molar-refractivity contribution in [2.75, 3.05) is 19.6 Å².